The molecule has 0 spiro atoms. The van der Waals surface area contributed by atoms with Gasteiger partial charge < -0.3 is 4.42 Å². The van der Waals surface area contributed by atoms with Gasteiger partial charge in [0.1, 0.15) is 0 Å². The Kier molecular flexibility index (Phi) is 3.25. The minimum Gasteiger partial charge on any atom is -0.447 e. The minimum absolute atomic E-state index is 0.380. The summed E-state index contributed by atoms with van der Waals surface area (Å²) in [5, 5.41) is 0.779. The van der Waals surface area contributed by atoms with Crippen LogP contribution in [0.25, 0.3) is 0 Å². The van der Waals surface area contributed by atoms with Crippen LogP contribution in [0, 0.1) is 0 Å². The van der Waals surface area contributed by atoms with E-state index < -0.39 is 0 Å². The Bertz CT molecular complexity index is 434. The molecule has 2 rings (SSSR count). The van der Waals surface area contributed by atoms with Gasteiger partial charge in [0.15, 0.2) is 17.1 Å². The van der Waals surface area contributed by atoms with E-state index in [0.29, 0.717) is 12.0 Å². The normalized spacial score (nSPS) is 10.1. The van der Waals surface area contributed by atoms with E-state index in [9.17, 15) is 4.79 Å². The maximum Gasteiger partial charge on any atom is 0.185 e. The molecule has 0 saturated heterocycles. The van der Waals surface area contributed by atoms with Crippen LogP contribution in [0.5, 0.6) is 0 Å². The van der Waals surface area contributed by atoms with Crippen molar-refractivity contribution in [3.63, 3.8) is 0 Å². The van der Waals surface area contributed by atoms with Gasteiger partial charge in [-0.15, -0.1) is 0 Å². The number of benzene rings is 1. The van der Waals surface area contributed by atoms with Crippen LogP contribution in [0.15, 0.2) is 52.0 Å². The summed E-state index contributed by atoms with van der Waals surface area (Å²) in [4.78, 5) is 10.4. The Balaban J connectivity index is 1.96. The highest BCUT2D eigenvalue weighted by Crippen LogP contribution is 2.24. The van der Waals surface area contributed by atoms with Gasteiger partial charge >= 0.3 is 0 Å². The van der Waals surface area contributed by atoms with Crippen molar-refractivity contribution in [3.8, 4) is 0 Å². The summed E-state index contributed by atoms with van der Waals surface area (Å²) in [6.45, 7) is 0. The van der Waals surface area contributed by atoms with Crippen molar-refractivity contribution >= 4 is 18.0 Å². The molecule has 76 valence electrons. The van der Waals surface area contributed by atoms with Gasteiger partial charge in [-0.25, -0.2) is 0 Å². The summed E-state index contributed by atoms with van der Waals surface area (Å²) >= 11 is 1.58. The average molecular weight is 218 g/mol. The molecule has 0 radical (unpaired) electrons. The highest BCUT2D eigenvalue weighted by Gasteiger charge is 2.01. The van der Waals surface area contributed by atoms with Crippen LogP contribution in [0.1, 0.15) is 16.1 Å². The maximum atomic E-state index is 10.4. The smallest absolute Gasteiger partial charge is 0.185 e. The summed E-state index contributed by atoms with van der Waals surface area (Å²) in [6, 6.07) is 13.6. The van der Waals surface area contributed by atoms with Gasteiger partial charge in [0, 0.05) is 5.75 Å². The Morgan fingerprint density at radius 1 is 1.13 bits per heavy atom. The fourth-order valence-corrected chi connectivity index (χ4v) is 2.02. The van der Waals surface area contributed by atoms with Crippen LogP contribution < -0.4 is 0 Å². The van der Waals surface area contributed by atoms with Crippen molar-refractivity contribution in [2.45, 2.75) is 10.8 Å². The molecule has 0 aliphatic rings. The van der Waals surface area contributed by atoms with E-state index in [1.54, 1.807) is 17.8 Å². The highest BCUT2D eigenvalue weighted by molar-refractivity contribution is 7.98. The second-order valence-corrected chi connectivity index (χ2v) is 4.03. The fraction of sp³-hybridized carbons (Fsp3) is 0.0833. The van der Waals surface area contributed by atoms with Crippen molar-refractivity contribution in [1.29, 1.82) is 0 Å². The third-order valence-corrected chi connectivity index (χ3v) is 2.92. The van der Waals surface area contributed by atoms with Crippen LogP contribution in [0.2, 0.25) is 0 Å². The monoisotopic (exact) mass is 218 g/mol. The van der Waals surface area contributed by atoms with Crippen LogP contribution in [0.4, 0.5) is 0 Å². The molecule has 2 nitrogen and oxygen atoms in total. The van der Waals surface area contributed by atoms with Crippen molar-refractivity contribution in [1.82, 2.24) is 0 Å². The summed E-state index contributed by atoms with van der Waals surface area (Å²) in [5.41, 5.74) is 1.24. The van der Waals surface area contributed by atoms with Crippen molar-refractivity contribution in [3.05, 3.63) is 53.8 Å². The van der Waals surface area contributed by atoms with E-state index in [4.69, 9.17) is 4.42 Å². The van der Waals surface area contributed by atoms with E-state index >= 15 is 0 Å². The standard InChI is InChI=1S/C12H10O2S/c13-8-11-6-7-12(14-11)15-9-10-4-2-1-3-5-10/h1-8H,9H2. The second-order valence-electron chi connectivity index (χ2n) is 3.05. The Hall–Kier alpha value is -1.48. The average Bonchev–Trinajstić information content (AvgIpc) is 2.76. The Morgan fingerprint density at radius 2 is 1.93 bits per heavy atom. The van der Waals surface area contributed by atoms with E-state index in [0.717, 1.165) is 10.8 Å². The number of carbonyl (C=O) groups is 1. The number of hydrogen-bond acceptors (Lipinski definition) is 3. The predicted molar refractivity (Wildman–Crippen MR) is 60.1 cm³/mol. The largest absolute Gasteiger partial charge is 0.447 e. The molecule has 2 aromatic rings. The van der Waals surface area contributed by atoms with Crippen LogP contribution in [-0.2, 0) is 5.75 Å². The molecule has 1 aromatic carbocycles. The molecule has 15 heavy (non-hydrogen) atoms. The highest BCUT2D eigenvalue weighted by atomic mass is 32.2. The maximum absolute atomic E-state index is 10.4. The molecule has 0 aliphatic heterocycles. The lowest BCUT2D eigenvalue weighted by Crippen LogP contribution is -1.77. The third-order valence-electron chi connectivity index (χ3n) is 1.94. The zero-order valence-electron chi connectivity index (χ0n) is 8.05. The lowest BCUT2D eigenvalue weighted by Gasteiger charge is -1.97. The van der Waals surface area contributed by atoms with Gasteiger partial charge in [-0.2, -0.15) is 0 Å². The molecule has 1 heterocycles. The molecule has 0 amide bonds. The topological polar surface area (TPSA) is 30.2 Å². The molecule has 0 aliphatic carbocycles. The first kappa shape index (κ1) is 10.1. The van der Waals surface area contributed by atoms with Gasteiger partial charge in [0.05, 0.1) is 0 Å². The van der Waals surface area contributed by atoms with Gasteiger partial charge in [0.25, 0.3) is 0 Å². The predicted octanol–water partition coefficient (Wildman–Crippen LogP) is 3.38. The van der Waals surface area contributed by atoms with E-state index in [1.165, 1.54) is 5.56 Å². The van der Waals surface area contributed by atoms with Crippen molar-refractivity contribution in [2.24, 2.45) is 0 Å². The molecule has 0 atom stereocenters. The summed E-state index contributed by atoms with van der Waals surface area (Å²) in [5.74, 6) is 1.23. The quantitative estimate of drug-likeness (QED) is 0.582. The van der Waals surface area contributed by atoms with Crippen LogP contribution in [0.3, 0.4) is 0 Å². The van der Waals surface area contributed by atoms with Crippen LogP contribution in [-0.4, -0.2) is 6.29 Å². The van der Waals surface area contributed by atoms with Gasteiger partial charge in [0.2, 0.25) is 0 Å². The first-order chi connectivity index (χ1) is 7.38. The number of rotatable bonds is 4. The molecule has 0 bridgehead atoms. The van der Waals surface area contributed by atoms with E-state index in [2.05, 4.69) is 12.1 Å². The number of carbonyl (C=O) groups excluding carboxylic acids is 1. The second kappa shape index (κ2) is 4.84. The van der Waals surface area contributed by atoms with E-state index in [-0.39, 0.29) is 0 Å². The number of aldehydes is 1. The van der Waals surface area contributed by atoms with Crippen molar-refractivity contribution in [2.75, 3.05) is 0 Å². The lowest BCUT2D eigenvalue weighted by atomic mass is 10.2. The summed E-state index contributed by atoms with van der Waals surface area (Å²) in [7, 11) is 0. The third kappa shape index (κ3) is 2.73. The summed E-state index contributed by atoms with van der Waals surface area (Å²) in [6.07, 6.45) is 0.715. The molecular weight excluding hydrogens is 208 g/mol. The van der Waals surface area contributed by atoms with Gasteiger partial charge in [-0.1, -0.05) is 42.1 Å². The van der Waals surface area contributed by atoms with Crippen LogP contribution >= 0.6 is 11.8 Å². The molecule has 3 heteroatoms. The van der Waals surface area contributed by atoms with Crippen molar-refractivity contribution < 1.29 is 9.21 Å². The number of furan rings is 1. The molecule has 1 aromatic heterocycles. The molecule has 0 fully saturated rings. The SMILES string of the molecule is O=Cc1ccc(SCc2ccccc2)o1. The number of thioether (sulfide) groups is 1. The molecule has 0 unspecified atom stereocenters. The Labute approximate surface area is 92.3 Å². The lowest BCUT2D eigenvalue weighted by molar-refractivity contribution is 0.109. The zero-order chi connectivity index (χ0) is 10.5. The minimum atomic E-state index is 0.380. The number of hydrogen-bond donors (Lipinski definition) is 0. The van der Waals surface area contributed by atoms with Gasteiger partial charge in [-0.3, -0.25) is 4.79 Å². The molecule has 0 N–H and O–H groups in total. The fourth-order valence-electron chi connectivity index (χ4n) is 1.20. The first-order valence-electron chi connectivity index (χ1n) is 4.60. The van der Waals surface area contributed by atoms with Gasteiger partial charge in [-0.05, 0) is 17.7 Å². The van der Waals surface area contributed by atoms with E-state index in [1.807, 2.05) is 24.3 Å². The first-order valence-corrected chi connectivity index (χ1v) is 5.59. The molecular formula is C12H10O2S. The molecule has 0 saturated carbocycles. The zero-order valence-corrected chi connectivity index (χ0v) is 8.87. The Morgan fingerprint density at radius 3 is 2.60 bits per heavy atom. The summed E-state index contributed by atoms with van der Waals surface area (Å²) < 4.78 is 5.25.